The monoisotopic (exact) mass is 505 g/mol. The Morgan fingerprint density at radius 2 is 1.11 bits per heavy atom. The van der Waals surface area contributed by atoms with Gasteiger partial charge in [0.25, 0.3) is 0 Å². The lowest BCUT2D eigenvalue weighted by Gasteiger charge is -2.32. The molecule has 9 heteroatoms. The third-order valence-electron chi connectivity index (χ3n) is 8.73. The van der Waals surface area contributed by atoms with Crippen LogP contribution in [0.5, 0.6) is 0 Å². The minimum atomic E-state index is -0.464. The number of hydrogen-bond donors (Lipinski definition) is 0. The third-order valence-corrected chi connectivity index (χ3v) is 8.73. The minimum absolute atomic E-state index is 0.238. The van der Waals surface area contributed by atoms with Crippen LogP contribution in [0.3, 0.4) is 0 Å². The molecule has 0 aliphatic carbocycles. The van der Waals surface area contributed by atoms with Crippen molar-refractivity contribution in [2.45, 2.75) is 90.8 Å². The second-order valence-electron chi connectivity index (χ2n) is 12.2. The van der Waals surface area contributed by atoms with Crippen molar-refractivity contribution < 1.29 is 28.1 Å². The fraction of sp³-hybridized carbons (Fsp3) is 0.536. The summed E-state index contributed by atoms with van der Waals surface area (Å²) in [6.07, 6.45) is 0.285. The second-order valence-corrected chi connectivity index (χ2v) is 12.2. The van der Waals surface area contributed by atoms with E-state index in [0.717, 1.165) is 32.7 Å². The number of carbonyl (C=O) groups excluding carboxylic acids is 1. The van der Waals surface area contributed by atoms with Gasteiger partial charge in [-0.1, -0.05) is 24.3 Å². The number of methoxy groups -OCH3 is 1. The molecular weight excluding hydrogens is 468 g/mol. The maximum absolute atomic E-state index is 12.0. The van der Waals surface area contributed by atoms with Gasteiger partial charge in [-0.05, 0) is 78.4 Å². The first kappa shape index (κ1) is 26.3. The predicted octanol–water partition coefficient (Wildman–Crippen LogP) is 3.96. The lowest BCUT2D eigenvalue weighted by atomic mass is 9.77. The quantitative estimate of drug-likeness (QED) is 0.387. The minimum Gasteiger partial charge on any atom is -0.469 e. The molecule has 37 heavy (non-hydrogen) atoms. The molecule has 2 fully saturated rings. The van der Waals surface area contributed by atoms with Crippen LogP contribution in [-0.4, -0.2) is 54.3 Å². The zero-order valence-electron chi connectivity index (χ0n) is 23.4. The smallest absolute Gasteiger partial charge is 0.469 e. The Hall–Kier alpha value is -2.32. The molecule has 5 rings (SSSR count). The van der Waals surface area contributed by atoms with Crippen molar-refractivity contribution in [2.75, 3.05) is 7.11 Å². The number of benzene rings is 2. The zero-order chi connectivity index (χ0) is 27.0. The van der Waals surface area contributed by atoms with Gasteiger partial charge in [-0.3, -0.25) is 4.79 Å². The molecule has 0 radical (unpaired) electrons. The third kappa shape index (κ3) is 4.30. The van der Waals surface area contributed by atoms with Crippen LogP contribution in [0.4, 0.5) is 0 Å². The molecule has 7 nitrogen and oxygen atoms in total. The van der Waals surface area contributed by atoms with Crippen molar-refractivity contribution in [3.8, 4) is 0 Å². The number of aryl methyl sites for hydroxylation is 1. The van der Waals surface area contributed by atoms with Crippen LogP contribution in [0.1, 0.15) is 61.8 Å². The van der Waals surface area contributed by atoms with E-state index in [1.165, 1.54) is 7.11 Å². The molecule has 2 saturated heterocycles. The van der Waals surface area contributed by atoms with Gasteiger partial charge < -0.3 is 27.9 Å². The molecule has 196 valence electrons. The molecule has 3 aromatic rings. The van der Waals surface area contributed by atoms with E-state index in [-0.39, 0.29) is 12.4 Å². The van der Waals surface area contributed by atoms with Gasteiger partial charge in [-0.2, -0.15) is 0 Å². The topological polar surface area (TPSA) is 68.2 Å². The highest BCUT2D eigenvalue weighted by Crippen LogP contribution is 2.38. The molecule has 3 heterocycles. The first-order valence-corrected chi connectivity index (χ1v) is 13.0. The number of nitrogens with zero attached hydrogens (tertiary/aromatic N) is 1. The summed E-state index contributed by atoms with van der Waals surface area (Å²) in [5.41, 5.74) is 2.28. The maximum atomic E-state index is 12.0. The van der Waals surface area contributed by atoms with E-state index in [1.807, 2.05) is 12.1 Å². The zero-order valence-corrected chi connectivity index (χ0v) is 23.4. The molecular formula is C28H37B2NO6. The molecule has 2 aliphatic heterocycles. The number of esters is 1. The number of aromatic nitrogens is 1. The summed E-state index contributed by atoms with van der Waals surface area (Å²) in [5, 5.41) is 2.12. The highest BCUT2D eigenvalue weighted by molar-refractivity contribution is 6.63. The predicted molar refractivity (Wildman–Crippen MR) is 148 cm³/mol. The molecule has 2 aliphatic rings. The summed E-state index contributed by atoms with van der Waals surface area (Å²) in [4.78, 5) is 12.0. The highest BCUT2D eigenvalue weighted by Gasteiger charge is 2.52. The van der Waals surface area contributed by atoms with E-state index in [0.29, 0.717) is 6.54 Å². The van der Waals surface area contributed by atoms with Crippen LogP contribution < -0.4 is 10.9 Å². The van der Waals surface area contributed by atoms with E-state index < -0.39 is 36.6 Å². The second kappa shape index (κ2) is 8.60. The van der Waals surface area contributed by atoms with Gasteiger partial charge in [-0.15, -0.1) is 0 Å². The summed E-state index contributed by atoms with van der Waals surface area (Å²) < 4.78 is 32.4. The normalized spacial score (nSPS) is 21.8. The van der Waals surface area contributed by atoms with Crippen molar-refractivity contribution in [3.63, 3.8) is 0 Å². The lowest BCUT2D eigenvalue weighted by Crippen LogP contribution is -2.41. The first-order chi connectivity index (χ1) is 17.2. The fourth-order valence-corrected chi connectivity index (χ4v) is 4.94. The Kier molecular flexibility index (Phi) is 6.11. The molecule has 1 aromatic heterocycles. The standard InChI is InChI=1S/C28H37B2NO6/c1-25(2)26(3,4)35-29(34-25)18-10-12-22-20(16-18)21-17-19(30-36-27(5,6)28(7,8)37-30)11-13-23(21)31(22)15-14-24(32)33-9/h10-13,16-17H,14-15H2,1-9H3. The van der Waals surface area contributed by atoms with Gasteiger partial charge in [0, 0.05) is 28.4 Å². The van der Waals surface area contributed by atoms with Gasteiger partial charge in [0.05, 0.1) is 35.9 Å². The van der Waals surface area contributed by atoms with Crippen molar-refractivity contribution in [3.05, 3.63) is 36.4 Å². The summed E-state index contributed by atoms with van der Waals surface area (Å²) in [6, 6.07) is 12.5. The molecule has 0 spiro atoms. The Balaban J connectivity index is 1.61. The average molecular weight is 505 g/mol. The van der Waals surface area contributed by atoms with Crippen molar-refractivity contribution in [1.29, 1.82) is 0 Å². The van der Waals surface area contributed by atoms with Gasteiger partial charge >= 0.3 is 20.2 Å². The van der Waals surface area contributed by atoms with E-state index in [9.17, 15) is 4.79 Å². The SMILES string of the molecule is COC(=O)CCn1c2ccc(B3OC(C)(C)C(C)(C)O3)cc2c2cc(B3OC(C)(C)C(C)(C)O3)ccc21. The number of fused-ring (bicyclic) bond motifs is 3. The summed E-state index contributed by atoms with van der Waals surface area (Å²) in [5.74, 6) is -0.238. The van der Waals surface area contributed by atoms with Gasteiger partial charge in [0.2, 0.25) is 0 Å². The first-order valence-electron chi connectivity index (χ1n) is 13.0. The average Bonchev–Trinajstić information content (AvgIpc) is 3.33. The number of hydrogen-bond acceptors (Lipinski definition) is 6. The number of carbonyl (C=O) groups is 1. The highest BCUT2D eigenvalue weighted by atomic mass is 16.7. The summed E-state index contributed by atoms with van der Waals surface area (Å²) in [7, 11) is 0.491. The van der Waals surface area contributed by atoms with Crippen LogP contribution in [0.25, 0.3) is 21.8 Å². The van der Waals surface area contributed by atoms with Gasteiger partial charge in [-0.25, -0.2) is 0 Å². The number of ether oxygens (including phenoxy) is 1. The van der Waals surface area contributed by atoms with Crippen molar-refractivity contribution >= 4 is 52.9 Å². The molecule has 0 N–H and O–H groups in total. The Labute approximate surface area is 220 Å². The Bertz CT molecular complexity index is 1250. The summed E-state index contributed by atoms with van der Waals surface area (Å²) in [6.45, 7) is 17.0. The Morgan fingerprint density at radius 3 is 1.46 bits per heavy atom. The lowest BCUT2D eigenvalue weighted by molar-refractivity contribution is -0.140. The molecule has 0 bridgehead atoms. The van der Waals surface area contributed by atoms with Gasteiger partial charge in [0.15, 0.2) is 0 Å². The van der Waals surface area contributed by atoms with E-state index in [1.54, 1.807) is 0 Å². The molecule has 0 amide bonds. The van der Waals surface area contributed by atoms with Crippen LogP contribution in [0.15, 0.2) is 36.4 Å². The van der Waals surface area contributed by atoms with Crippen LogP contribution in [-0.2, 0) is 34.7 Å². The van der Waals surface area contributed by atoms with Crippen LogP contribution >= 0.6 is 0 Å². The molecule has 2 aromatic carbocycles. The molecule has 0 unspecified atom stereocenters. The fourth-order valence-electron chi connectivity index (χ4n) is 4.94. The Morgan fingerprint density at radius 1 is 0.730 bits per heavy atom. The van der Waals surface area contributed by atoms with Crippen LogP contribution in [0.2, 0.25) is 0 Å². The largest absolute Gasteiger partial charge is 0.494 e. The molecule has 0 atom stereocenters. The number of rotatable bonds is 5. The van der Waals surface area contributed by atoms with E-state index >= 15 is 0 Å². The van der Waals surface area contributed by atoms with Crippen molar-refractivity contribution in [1.82, 2.24) is 4.57 Å². The summed E-state index contributed by atoms with van der Waals surface area (Å²) >= 11 is 0. The molecule has 0 saturated carbocycles. The van der Waals surface area contributed by atoms with E-state index in [2.05, 4.69) is 84.2 Å². The van der Waals surface area contributed by atoms with Gasteiger partial charge in [0.1, 0.15) is 0 Å². The van der Waals surface area contributed by atoms with Crippen molar-refractivity contribution in [2.24, 2.45) is 0 Å². The van der Waals surface area contributed by atoms with E-state index in [4.69, 9.17) is 23.4 Å². The van der Waals surface area contributed by atoms with Crippen LogP contribution in [0, 0.1) is 0 Å². The maximum Gasteiger partial charge on any atom is 0.494 e.